The number of aromatic nitrogens is 1. The van der Waals surface area contributed by atoms with Crippen molar-refractivity contribution in [3.05, 3.63) is 23.9 Å². The molecule has 142 valence electrons. The van der Waals surface area contributed by atoms with E-state index >= 15 is 0 Å². The average Bonchev–Trinajstić information content (AvgIpc) is 2.57. The van der Waals surface area contributed by atoms with Gasteiger partial charge in [0.2, 0.25) is 11.8 Å². The first-order valence-electron chi connectivity index (χ1n) is 8.58. The van der Waals surface area contributed by atoms with Crippen LogP contribution in [0.25, 0.3) is 0 Å². The minimum absolute atomic E-state index is 0.0204. The molecular formula is C17H21F3N4O2. The van der Waals surface area contributed by atoms with Gasteiger partial charge in [-0.1, -0.05) is 0 Å². The van der Waals surface area contributed by atoms with Crippen molar-refractivity contribution in [3.63, 3.8) is 0 Å². The Labute approximate surface area is 149 Å². The number of anilines is 1. The Morgan fingerprint density at radius 2 is 1.88 bits per heavy atom. The van der Waals surface area contributed by atoms with Crippen LogP contribution in [0.4, 0.5) is 19.0 Å². The zero-order valence-corrected chi connectivity index (χ0v) is 14.4. The SMILES string of the molecule is CC(=O)N1CCC(C(=O)NC2CN(c3cc(C(F)(F)F)ccn3)C2)CC1. The van der Waals surface area contributed by atoms with E-state index in [1.807, 2.05) is 0 Å². The Kier molecular flexibility index (Phi) is 5.06. The molecule has 9 heteroatoms. The van der Waals surface area contributed by atoms with E-state index in [1.165, 1.54) is 6.92 Å². The Morgan fingerprint density at radius 3 is 2.46 bits per heavy atom. The van der Waals surface area contributed by atoms with Crippen LogP contribution in [-0.4, -0.2) is 53.9 Å². The summed E-state index contributed by atoms with van der Waals surface area (Å²) in [6, 6.07) is 1.87. The van der Waals surface area contributed by atoms with Crippen LogP contribution in [0.15, 0.2) is 18.3 Å². The first-order valence-corrected chi connectivity index (χ1v) is 8.58. The van der Waals surface area contributed by atoms with Crippen molar-refractivity contribution in [2.24, 2.45) is 5.92 Å². The summed E-state index contributed by atoms with van der Waals surface area (Å²) < 4.78 is 38.3. The molecule has 0 bridgehead atoms. The van der Waals surface area contributed by atoms with Crippen molar-refractivity contribution in [1.29, 1.82) is 0 Å². The standard InChI is InChI=1S/C17H21F3N4O2/c1-11(25)23-6-3-12(4-7-23)16(26)22-14-9-24(10-14)15-8-13(2-5-21-15)17(18,19)20/h2,5,8,12,14H,3-4,6-7,9-10H2,1H3,(H,22,26). The highest BCUT2D eigenvalue weighted by Crippen LogP contribution is 2.31. The van der Waals surface area contributed by atoms with E-state index in [4.69, 9.17) is 0 Å². The third-order valence-corrected chi connectivity index (χ3v) is 4.94. The van der Waals surface area contributed by atoms with Crippen LogP contribution in [0.1, 0.15) is 25.3 Å². The summed E-state index contributed by atoms with van der Waals surface area (Å²) in [4.78, 5) is 31.0. The van der Waals surface area contributed by atoms with Gasteiger partial charge in [0.05, 0.1) is 11.6 Å². The lowest BCUT2D eigenvalue weighted by atomic mass is 9.95. The summed E-state index contributed by atoms with van der Waals surface area (Å²) in [5.74, 6) is 0.119. The monoisotopic (exact) mass is 370 g/mol. The Bertz CT molecular complexity index is 681. The zero-order chi connectivity index (χ0) is 18.9. The number of nitrogens with one attached hydrogen (secondary N) is 1. The van der Waals surface area contributed by atoms with E-state index < -0.39 is 11.7 Å². The second kappa shape index (κ2) is 7.13. The first kappa shape index (κ1) is 18.5. The number of nitrogens with zero attached hydrogens (tertiary/aromatic N) is 3. The molecule has 2 aliphatic rings. The van der Waals surface area contributed by atoms with Crippen LogP contribution in [0, 0.1) is 5.92 Å². The molecule has 0 saturated carbocycles. The number of hydrogen-bond acceptors (Lipinski definition) is 4. The molecule has 0 unspecified atom stereocenters. The van der Waals surface area contributed by atoms with E-state index in [-0.39, 0.29) is 29.6 Å². The van der Waals surface area contributed by atoms with Gasteiger partial charge in [0.1, 0.15) is 5.82 Å². The predicted molar refractivity (Wildman–Crippen MR) is 88.4 cm³/mol. The van der Waals surface area contributed by atoms with E-state index in [2.05, 4.69) is 10.3 Å². The van der Waals surface area contributed by atoms with Gasteiger partial charge in [-0.05, 0) is 25.0 Å². The number of carbonyl (C=O) groups excluding carboxylic acids is 2. The average molecular weight is 370 g/mol. The summed E-state index contributed by atoms with van der Waals surface area (Å²) in [6.07, 6.45) is -1.98. The maximum atomic E-state index is 12.8. The topological polar surface area (TPSA) is 65.5 Å². The Hall–Kier alpha value is -2.32. The van der Waals surface area contributed by atoms with E-state index in [1.54, 1.807) is 9.80 Å². The second-order valence-corrected chi connectivity index (χ2v) is 6.79. The molecule has 2 fully saturated rings. The highest BCUT2D eigenvalue weighted by Gasteiger charge is 2.35. The molecule has 2 amide bonds. The van der Waals surface area contributed by atoms with Gasteiger partial charge in [-0.25, -0.2) is 4.98 Å². The number of halogens is 3. The van der Waals surface area contributed by atoms with Crippen LogP contribution in [0.3, 0.4) is 0 Å². The second-order valence-electron chi connectivity index (χ2n) is 6.79. The van der Waals surface area contributed by atoms with Gasteiger partial charge in [-0.2, -0.15) is 13.2 Å². The zero-order valence-electron chi connectivity index (χ0n) is 14.4. The minimum Gasteiger partial charge on any atom is -0.352 e. The summed E-state index contributed by atoms with van der Waals surface area (Å²) in [6.45, 7) is 3.56. The summed E-state index contributed by atoms with van der Waals surface area (Å²) in [5.41, 5.74) is -0.729. The summed E-state index contributed by atoms with van der Waals surface area (Å²) in [7, 11) is 0. The minimum atomic E-state index is -4.40. The van der Waals surface area contributed by atoms with Crippen molar-refractivity contribution >= 4 is 17.6 Å². The number of pyridine rings is 1. The van der Waals surface area contributed by atoms with Crippen LogP contribution in [0.2, 0.25) is 0 Å². The number of rotatable bonds is 3. The van der Waals surface area contributed by atoms with Crippen molar-refractivity contribution in [2.45, 2.75) is 32.0 Å². The molecule has 2 aliphatic heterocycles. The van der Waals surface area contributed by atoms with Crippen LogP contribution < -0.4 is 10.2 Å². The molecular weight excluding hydrogens is 349 g/mol. The largest absolute Gasteiger partial charge is 0.416 e. The van der Waals surface area contributed by atoms with Gasteiger partial charge in [0, 0.05) is 45.2 Å². The molecule has 1 aromatic heterocycles. The number of hydrogen-bond donors (Lipinski definition) is 1. The fourth-order valence-corrected chi connectivity index (χ4v) is 3.30. The highest BCUT2D eigenvalue weighted by atomic mass is 19.4. The molecule has 0 spiro atoms. The van der Waals surface area contributed by atoms with Crippen LogP contribution >= 0.6 is 0 Å². The van der Waals surface area contributed by atoms with E-state index in [0.29, 0.717) is 39.0 Å². The lowest BCUT2D eigenvalue weighted by molar-refractivity contribution is -0.137. The first-order chi connectivity index (χ1) is 12.2. The Morgan fingerprint density at radius 1 is 1.23 bits per heavy atom. The molecule has 3 rings (SSSR count). The van der Waals surface area contributed by atoms with E-state index in [9.17, 15) is 22.8 Å². The van der Waals surface area contributed by atoms with Gasteiger partial charge >= 0.3 is 6.18 Å². The molecule has 1 aromatic rings. The molecule has 0 radical (unpaired) electrons. The van der Waals surface area contributed by atoms with Gasteiger partial charge in [-0.15, -0.1) is 0 Å². The predicted octanol–water partition coefficient (Wildman–Crippen LogP) is 1.66. The third-order valence-electron chi connectivity index (χ3n) is 4.94. The van der Waals surface area contributed by atoms with Crippen LogP contribution in [0.5, 0.6) is 0 Å². The number of carbonyl (C=O) groups is 2. The summed E-state index contributed by atoms with van der Waals surface area (Å²) >= 11 is 0. The third kappa shape index (κ3) is 4.08. The fourth-order valence-electron chi connectivity index (χ4n) is 3.30. The molecule has 0 aromatic carbocycles. The smallest absolute Gasteiger partial charge is 0.352 e. The van der Waals surface area contributed by atoms with Gasteiger partial charge in [0.15, 0.2) is 0 Å². The number of likely N-dealkylation sites (tertiary alicyclic amines) is 1. The van der Waals surface area contributed by atoms with Gasteiger partial charge in [0.25, 0.3) is 0 Å². The van der Waals surface area contributed by atoms with Crippen molar-refractivity contribution in [3.8, 4) is 0 Å². The normalized spacial score (nSPS) is 19.2. The van der Waals surface area contributed by atoms with E-state index in [0.717, 1.165) is 18.3 Å². The number of amides is 2. The molecule has 0 atom stereocenters. The molecule has 0 aliphatic carbocycles. The van der Waals surface area contributed by atoms with Crippen molar-refractivity contribution < 1.29 is 22.8 Å². The van der Waals surface area contributed by atoms with Crippen molar-refractivity contribution in [1.82, 2.24) is 15.2 Å². The molecule has 26 heavy (non-hydrogen) atoms. The lowest BCUT2D eigenvalue weighted by Crippen LogP contribution is -2.60. The quantitative estimate of drug-likeness (QED) is 0.879. The lowest BCUT2D eigenvalue weighted by Gasteiger charge is -2.41. The molecule has 2 saturated heterocycles. The maximum absolute atomic E-state index is 12.8. The Balaban J connectivity index is 1.47. The number of alkyl halides is 3. The van der Waals surface area contributed by atoms with Crippen LogP contribution in [-0.2, 0) is 15.8 Å². The fraction of sp³-hybridized carbons (Fsp3) is 0.588. The van der Waals surface area contributed by atoms with Gasteiger partial charge in [-0.3, -0.25) is 9.59 Å². The van der Waals surface area contributed by atoms with Crippen molar-refractivity contribution in [2.75, 3.05) is 31.1 Å². The maximum Gasteiger partial charge on any atom is 0.416 e. The highest BCUT2D eigenvalue weighted by molar-refractivity contribution is 5.80. The molecule has 1 N–H and O–H groups in total. The molecule has 6 nitrogen and oxygen atoms in total. The molecule has 3 heterocycles. The summed E-state index contributed by atoms with van der Waals surface area (Å²) in [5, 5.41) is 2.94. The van der Waals surface area contributed by atoms with Gasteiger partial charge < -0.3 is 15.1 Å². The number of piperidine rings is 1.